The highest BCUT2D eigenvalue weighted by Gasteiger charge is 1.97. The van der Waals surface area contributed by atoms with E-state index in [1.54, 1.807) is 7.11 Å². The van der Waals surface area contributed by atoms with E-state index in [0.29, 0.717) is 0 Å². The van der Waals surface area contributed by atoms with Crippen LogP contribution in [-0.4, -0.2) is 7.11 Å². The van der Waals surface area contributed by atoms with Crippen molar-refractivity contribution in [1.82, 2.24) is 0 Å². The van der Waals surface area contributed by atoms with Crippen LogP contribution in [0.15, 0.2) is 23.1 Å². The Morgan fingerprint density at radius 1 is 1.45 bits per heavy atom. The molecule has 0 unspecified atom stereocenters. The predicted octanol–water partition coefficient (Wildman–Crippen LogP) is 2.55. The van der Waals surface area contributed by atoms with Gasteiger partial charge in [0.15, 0.2) is 0 Å². The number of aryl methyl sites for hydroxylation is 1. The van der Waals surface area contributed by atoms with Crippen LogP contribution in [0, 0.1) is 0 Å². The van der Waals surface area contributed by atoms with E-state index in [0.717, 1.165) is 17.1 Å². The van der Waals surface area contributed by atoms with Gasteiger partial charge < -0.3 is 4.74 Å². The summed E-state index contributed by atoms with van der Waals surface area (Å²) in [7, 11) is 1.65. The SMILES string of the molecule is CCc1ccc(OC)c(S)c1. The summed E-state index contributed by atoms with van der Waals surface area (Å²) in [4.78, 5) is 0.909. The molecule has 2 heteroatoms. The maximum absolute atomic E-state index is 5.07. The molecule has 0 atom stereocenters. The molecule has 0 bridgehead atoms. The van der Waals surface area contributed by atoms with E-state index in [1.165, 1.54) is 5.56 Å². The van der Waals surface area contributed by atoms with Crippen LogP contribution in [0.25, 0.3) is 0 Å². The average molecular weight is 168 g/mol. The topological polar surface area (TPSA) is 9.23 Å². The van der Waals surface area contributed by atoms with Crippen molar-refractivity contribution in [2.75, 3.05) is 7.11 Å². The highest BCUT2D eigenvalue weighted by atomic mass is 32.1. The van der Waals surface area contributed by atoms with Crippen LogP contribution < -0.4 is 4.74 Å². The quantitative estimate of drug-likeness (QED) is 0.668. The van der Waals surface area contributed by atoms with Gasteiger partial charge in [-0.25, -0.2) is 0 Å². The molecule has 11 heavy (non-hydrogen) atoms. The van der Waals surface area contributed by atoms with Gasteiger partial charge in [-0.05, 0) is 24.1 Å². The molecule has 1 nitrogen and oxygen atoms in total. The summed E-state index contributed by atoms with van der Waals surface area (Å²) in [5.74, 6) is 0.838. The number of hydrogen-bond donors (Lipinski definition) is 1. The van der Waals surface area contributed by atoms with E-state index in [4.69, 9.17) is 4.74 Å². The van der Waals surface area contributed by atoms with Crippen LogP contribution in [0.4, 0.5) is 0 Å². The molecule has 0 aromatic heterocycles. The van der Waals surface area contributed by atoms with Gasteiger partial charge in [0.2, 0.25) is 0 Å². The normalized spacial score (nSPS) is 9.73. The van der Waals surface area contributed by atoms with Crippen molar-refractivity contribution in [3.63, 3.8) is 0 Å². The van der Waals surface area contributed by atoms with Gasteiger partial charge in [-0.15, -0.1) is 12.6 Å². The number of thiol groups is 1. The van der Waals surface area contributed by atoms with Crippen molar-refractivity contribution < 1.29 is 4.74 Å². The first kappa shape index (κ1) is 8.47. The van der Waals surface area contributed by atoms with Crippen LogP contribution in [0.5, 0.6) is 5.75 Å². The average Bonchev–Trinajstić information content (AvgIpc) is 2.04. The van der Waals surface area contributed by atoms with Gasteiger partial charge in [0.05, 0.1) is 7.11 Å². The van der Waals surface area contributed by atoms with Gasteiger partial charge in [-0.2, -0.15) is 0 Å². The van der Waals surface area contributed by atoms with Crippen molar-refractivity contribution in [3.05, 3.63) is 23.8 Å². The summed E-state index contributed by atoms with van der Waals surface area (Å²) in [6.07, 6.45) is 1.04. The van der Waals surface area contributed by atoms with Gasteiger partial charge in [0.25, 0.3) is 0 Å². The molecule has 0 aliphatic heterocycles. The van der Waals surface area contributed by atoms with Crippen molar-refractivity contribution in [3.8, 4) is 5.75 Å². The van der Waals surface area contributed by atoms with Crippen molar-refractivity contribution >= 4 is 12.6 Å². The summed E-state index contributed by atoms with van der Waals surface area (Å²) in [6, 6.07) is 6.03. The van der Waals surface area contributed by atoms with Crippen LogP contribution in [0.1, 0.15) is 12.5 Å². The standard InChI is InChI=1S/C9H12OS/c1-3-7-4-5-8(10-2)9(11)6-7/h4-6,11H,3H2,1-2H3. The maximum atomic E-state index is 5.07. The van der Waals surface area contributed by atoms with Gasteiger partial charge in [0.1, 0.15) is 5.75 Å². The van der Waals surface area contributed by atoms with Crippen molar-refractivity contribution in [1.29, 1.82) is 0 Å². The van der Waals surface area contributed by atoms with E-state index < -0.39 is 0 Å². The molecular formula is C9H12OS. The Kier molecular flexibility index (Phi) is 2.83. The lowest BCUT2D eigenvalue weighted by atomic mass is 10.2. The second kappa shape index (κ2) is 3.67. The number of methoxy groups -OCH3 is 1. The second-order valence-electron chi connectivity index (χ2n) is 2.36. The molecule has 0 saturated carbocycles. The Labute approximate surface area is 72.8 Å². The molecule has 0 saturated heterocycles. The molecule has 0 radical (unpaired) electrons. The Bertz CT molecular complexity index is 245. The molecule has 1 aromatic carbocycles. The minimum atomic E-state index is 0.838. The van der Waals surface area contributed by atoms with E-state index in [2.05, 4.69) is 25.6 Å². The highest BCUT2D eigenvalue weighted by molar-refractivity contribution is 7.80. The third kappa shape index (κ3) is 1.90. The van der Waals surface area contributed by atoms with Gasteiger partial charge in [-0.1, -0.05) is 13.0 Å². The fourth-order valence-electron chi connectivity index (χ4n) is 0.955. The summed E-state index contributed by atoms with van der Waals surface area (Å²) in [5, 5.41) is 0. The molecule has 0 amide bonds. The Morgan fingerprint density at radius 2 is 2.18 bits per heavy atom. The lowest BCUT2D eigenvalue weighted by Crippen LogP contribution is -1.86. The number of rotatable bonds is 2. The molecule has 0 aliphatic rings. The monoisotopic (exact) mass is 168 g/mol. The lowest BCUT2D eigenvalue weighted by Gasteiger charge is -2.04. The molecule has 0 spiro atoms. The molecular weight excluding hydrogens is 156 g/mol. The zero-order chi connectivity index (χ0) is 8.27. The lowest BCUT2D eigenvalue weighted by molar-refractivity contribution is 0.405. The first-order chi connectivity index (χ1) is 5.27. The Morgan fingerprint density at radius 3 is 2.64 bits per heavy atom. The second-order valence-corrected chi connectivity index (χ2v) is 2.84. The van der Waals surface area contributed by atoms with Crippen LogP contribution in [-0.2, 0) is 6.42 Å². The Hall–Kier alpha value is -0.630. The minimum absolute atomic E-state index is 0.838. The van der Waals surface area contributed by atoms with Gasteiger partial charge in [0, 0.05) is 4.90 Å². The van der Waals surface area contributed by atoms with Crippen LogP contribution in [0.3, 0.4) is 0 Å². The van der Waals surface area contributed by atoms with Crippen LogP contribution >= 0.6 is 12.6 Å². The number of ether oxygens (including phenoxy) is 1. The Balaban J connectivity index is 2.99. The molecule has 1 rings (SSSR count). The highest BCUT2D eigenvalue weighted by Crippen LogP contribution is 2.23. The summed E-state index contributed by atoms with van der Waals surface area (Å²) in [5.41, 5.74) is 1.29. The maximum Gasteiger partial charge on any atom is 0.132 e. The first-order valence-electron chi connectivity index (χ1n) is 3.63. The van der Waals surface area contributed by atoms with Crippen molar-refractivity contribution in [2.45, 2.75) is 18.2 Å². The van der Waals surface area contributed by atoms with E-state index >= 15 is 0 Å². The predicted molar refractivity (Wildman–Crippen MR) is 49.6 cm³/mol. The van der Waals surface area contributed by atoms with E-state index in [9.17, 15) is 0 Å². The fourth-order valence-corrected chi connectivity index (χ4v) is 1.29. The molecule has 0 heterocycles. The fraction of sp³-hybridized carbons (Fsp3) is 0.333. The third-order valence-electron chi connectivity index (χ3n) is 1.65. The molecule has 0 fully saturated rings. The number of benzene rings is 1. The largest absolute Gasteiger partial charge is 0.496 e. The third-order valence-corrected chi connectivity index (χ3v) is 2.00. The smallest absolute Gasteiger partial charge is 0.132 e. The minimum Gasteiger partial charge on any atom is -0.496 e. The zero-order valence-corrected chi connectivity index (χ0v) is 7.69. The summed E-state index contributed by atoms with van der Waals surface area (Å²) in [6.45, 7) is 2.12. The van der Waals surface area contributed by atoms with Crippen LogP contribution in [0.2, 0.25) is 0 Å². The molecule has 0 N–H and O–H groups in total. The van der Waals surface area contributed by atoms with E-state index in [-0.39, 0.29) is 0 Å². The molecule has 0 aliphatic carbocycles. The van der Waals surface area contributed by atoms with Gasteiger partial charge >= 0.3 is 0 Å². The molecule has 1 aromatic rings. The number of hydrogen-bond acceptors (Lipinski definition) is 2. The molecule has 60 valence electrons. The summed E-state index contributed by atoms with van der Waals surface area (Å²) >= 11 is 4.28. The van der Waals surface area contributed by atoms with Crippen molar-refractivity contribution in [2.24, 2.45) is 0 Å². The van der Waals surface area contributed by atoms with Gasteiger partial charge in [-0.3, -0.25) is 0 Å². The van der Waals surface area contributed by atoms with E-state index in [1.807, 2.05) is 12.1 Å². The zero-order valence-electron chi connectivity index (χ0n) is 6.79. The summed E-state index contributed by atoms with van der Waals surface area (Å²) < 4.78 is 5.07. The first-order valence-corrected chi connectivity index (χ1v) is 4.08.